The number of hydrogen-bond donors (Lipinski definition) is 0. The Morgan fingerprint density at radius 1 is 1.25 bits per heavy atom. The van der Waals surface area contributed by atoms with Crippen molar-refractivity contribution in [3.05, 3.63) is 35.9 Å². The summed E-state index contributed by atoms with van der Waals surface area (Å²) in [6, 6.07) is 8.68. The molecule has 1 aromatic rings. The van der Waals surface area contributed by atoms with Crippen LogP contribution in [0, 0.1) is 0 Å². The summed E-state index contributed by atoms with van der Waals surface area (Å²) in [7, 11) is -5.32. The van der Waals surface area contributed by atoms with Crippen LogP contribution >= 0.6 is 0 Å². The Kier molecular flexibility index (Phi) is 5.67. The molecule has 1 aromatic carbocycles. The zero-order valence-corrected chi connectivity index (χ0v) is 15.4. The lowest BCUT2D eigenvalue weighted by molar-refractivity contribution is -0.130. The molecule has 1 atom stereocenters. The smallest absolute Gasteiger partial charge is 0.237 e. The quantitative estimate of drug-likeness (QED) is 0.704. The van der Waals surface area contributed by atoms with Crippen molar-refractivity contribution in [1.82, 2.24) is 9.21 Å². The Bertz CT molecular complexity index is 790. The minimum Gasteiger partial charge on any atom is -0.340 e. The molecule has 1 aliphatic heterocycles. The van der Waals surface area contributed by atoms with Crippen LogP contribution in [0.2, 0.25) is 0 Å². The molecule has 7 nitrogen and oxygen atoms in total. The zero-order chi connectivity index (χ0) is 18.0. The third kappa shape index (κ3) is 5.02. The second-order valence-electron chi connectivity index (χ2n) is 6.10. The van der Waals surface area contributed by atoms with E-state index in [4.69, 9.17) is 0 Å². The Balaban J connectivity index is 2.08. The number of carbonyl (C=O) groups excluding carboxylic acids is 1. The van der Waals surface area contributed by atoms with E-state index in [1.165, 1.54) is 4.90 Å². The number of hydrogen-bond acceptors (Lipinski definition) is 5. The lowest BCUT2D eigenvalue weighted by Crippen LogP contribution is -2.46. The predicted octanol–water partition coefficient (Wildman–Crippen LogP) is 0.0937. The highest BCUT2D eigenvalue weighted by molar-refractivity contribution is 7.92. The molecule has 1 amide bonds. The van der Waals surface area contributed by atoms with E-state index >= 15 is 0 Å². The molecule has 2 rings (SSSR count). The van der Waals surface area contributed by atoms with Crippen molar-refractivity contribution in [2.24, 2.45) is 0 Å². The second kappa shape index (κ2) is 7.20. The van der Waals surface area contributed by atoms with Gasteiger partial charge in [0, 0.05) is 19.6 Å². The van der Waals surface area contributed by atoms with Gasteiger partial charge in [-0.05, 0) is 12.0 Å². The molecule has 0 bridgehead atoms. The monoisotopic (exact) mass is 374 g/mol. The summed E-state index contributed by atoms with van der Waals surface area (Å²) < 4.78 is 48.3. The van der Waals surface area contributed by atoms with Crippen LogP contribution in [0.1, 0.15) is 12.0 Å². The summed E-state index contributed by atoms with van der Waals surface area (Å²) in [5.41, 5.74) is 0.933. The molecule has 9 heteroatoms. The summed E-state index contributed by atoms with van der Waals surface area (Å²) in [5, 5.41) is 0. The highest BCUT2D eigenvalue weighted by Crippen LogP contribution is 2.20. The van der Waals surface area contributed by atoms with Crippen LogP contribution in [-0.2, 0) is 31.2 Å². The molecule has 134 valence electrons. The van der Waals surface area contributed by atoms with E-state index in [1.807, 2.05) is 30.3 Å². The fraction of sp³-hybridized carbons (Fsp3) is 0.533. The first-order valence-corrected chi connectivity index (χ1v) is 11.2. The van der Waals surface area contributed by atoms with Gasteiger partial charge in [0.2, 0.25) is 15.9 Å². The SMILES string of the molecule is CN(Cc1ccccc1)C(=O)CN(C1CCS(=O)(=O)C1)S(C)(=O)=O. The van der Waals surface area contributed by atoms with Crippen LogP contribution in [0.3, 0.4) is 0 Å². The number of nitrogens with zero attached hydrogens (tertiary/aromatic N) is 2. The first kappa shape index (κ1) is 18.9. The number of amides is 1. The van der Waals surface area contributed by atoms with Gasteiger partial charge in [0.15, 0.2) is 9.84 Å². The molecule has 1 fully saturated rings. The average molecular weight is 374 g/mol. The van der Waals surface area contributed by atoms with E-state index in [0.29, 0.717) is 6.54 Å². The van der Waals surface area contributed by atoms with Gasteiger partial charge in [-0.25, -0.2) is 16.8 Å². The third-order valence-electron chi connectivity index (χ3n) is 4.02. The van der Waals surface area contributed by atoms with Crippen molar-refractivity contribution >= 4 is 25.8 Å². The van der Waals surface area contributed by atoms with E-state index in [9.17, 15) is 21.6 Å². The Hall–Kier alpha value is -1.45. The molecule has 0 aromatic heterocycles. The van der Waals surface area contributed by atoms with E-state index in [-0.39, 0.29) is 30.4 Å². The van der Waals surface area contributed by atoms with Crippen molar-refractivity contribution in [3.8, 4) is 0 Å². The van der Waals surface area contributed by atoms with E-state index in [2.05, 4.69) is 0 Å². The van der Waals surface area contributed by atoms with E-state index < -0.39 is 25.9 Å². The van der Waals surface area contributed by atoms with Crippen molar-refractivity contribution in [2.75, 3.05) is 31.4 Å². The maximum absolute atomic E-state index is 12.4. The van der Waals surface area contributed by atoms with Gasteiger partial charge < -0.3 is 4.90 Å². The standard InChI is InChI=1S/C15H22N2O5S2/c1-16(10-13-6-4-3-5-7-13)15(18)11-17(23(2,19)20)14-8-9-24(21,22)12-14/h3-7,14H,8-12H2,1-2H3. The Labute approximate surface area is 143 Å². The molecule has 0 radical (unpaired) electrons. The van der Waals surface area contributed by atoms with Crippen molar-refractivity contribution in [1.29, 1.82) is 0 Å². The molecule has 0 aliphatic carbocycles. The third-order valence-corrected chi connectivity index (χ3v) is 7.05. The topological polar surface area (TPSA) is 91.8 Å². The number of carbonyl (C=O) groups is 1. The van der Waals surface area contributed by atoms with Crippen LogP contribution in [0.4, 0.5) is 0 Å². The summed E-state index contributed by atoms with van der Waals surface area (Å²) in [6.45, 7) is 0.0165. The fourth-order valence-electron chi connectivity index (χ4n) is 2.72. The summed E-state index contributed by atoms with van der Waals surface area (Å²) >= 11 is 0. The van der Waals surface area contributed by atoms with Gasteiger partial charge in [-0.1, -0.05) is 30.3 Å². The molecule has 1 heterocycles. The van der Waals surface area contributed by atoms with Gasteiger partial charge in [0.25, 0.3) is 0 Å². The summed E-state index contributed by atoms with van der Waals surface area (Å²) in [6.07, 6.45) is 1.23. The van der Waals surface area contributed by atoms with E-state index in [0.717, 1.165) is 16.1 Å². The first-order valence-electron chi connectivity index (χ1n) is 7.53. The minimum absolute atomic E-state index is 0.0439. The molecular weight excluding hydrogens is 352 g/mol. The van der Waals surface area contributed by atoms with Gasteiger partial charge in [-0.2, -0.15) is 4.31 Å². The number of sulfonamides is 1. The maximum atomic E-state index is 12.4. The Morgan fingerprint density at radius 3 is 2.38 bits per heavy atom. The lowest BCUT2D eigenvalue weighted by Gasteiger charge is -2.27. The fourth-order valence-corrected chi connectivity index (χ4v) is 5.61. The van der Waals surface area contributed by atoms with Crippen molar-refractivity contribution < 1.29 is 21.6 Å². The average Bonchev–Trinajstić information content (AvgIpc) is 2.84. The van der Waals surface area contributed by atoms with Crippen molar-refractivity contribution in [2.45, 2.75) is 19.0 Å². The Morgan fingerprint density at radius 2 is 1.88 bits per heavy atom. The molecule has 1 saturated heterocycles. The highest BCUT2D eigenvalue weighted by atomic mass is 32.2. The van der Waals surface area contributed by atoms with E-state index in [1.54, 1.807) is 7.05 Å². The summed E-state index contributed by atoms with van der Waals surface area (Å²) in [4.78, 5) is 13.8. The largest absolute Gasteiger partial charge is 0.340 e. The van der Waals surface area contributed by atoms with Crippen LogP contribution in [-0.4, -0.2) is 69.3 Å². The van der Waals surface area contributed by atoms with Gasteiger partial charge in [-0.15, -0.1) is 0 Å². The second-order valence-corrected chi connectivity index (χ2v) is 10.3. The van der Waals surface area contributed by atoms with Gasteiger partial charge in [0.05, 0.1) is 24.3 Å². The van der Waals surface area contributed by atoms with Gasteiger partial charge >= 0.3 is 0 Å². The molecule has 1 unspecified atom stereocenters. The van der Waals surface area contributed by atoms with Crippen LogP contribution in [0.25, 0.3) is 0 Å². The van der Waals surface area contributed by atoms with Crippen molar-refractivity contribution in [3.63, 3.8) is 0 Å². The minimum atomic E-state index is -3.68. The number of rotatable bonds is 6. The van der Waals surface area contributed by atoms with Crippen LogP contribution in [0.5, 0.6) is 0 Å². The molecular formula is C15H22N2O5S2. The van der Waals surface area contributed by atoms with Gasteiger partial charge in [-0.3, -0.25) is 4.79 Å². The molecule has 0 saturated carbocycles. The molecule has 0 N–H and O–H groups in total. The molecule has 1 aliphatic rings. The predicted molar refractivity (Wildman–Crippen MR) is 91.5 cm³/mol. The number of benzene rings is 1. The zero-order valence-electron chi connectivity index (χ0n) is 13.8. The maximum Gasteiger partial charge on any atom is 0.237 e. The first-order chi connectivity index (χ1) is 11.1. The number of likely N-dealkylation sites (N-methyl/N-ethyl adjacent to an activating group) is 1. The summed E-state index contributed by atoms with van der Waals surface area (Å²) in [5.74, 6) is -0.637. The van der Waals surface area contributed by atoms with Gasteiger partial charge in [0.1, 0.15) is 0 Å². The normalized spacial score (nSPS) is 20.2. The number of sulfone groups is 1. The highest BCUT2D eigenvalue weighted by Gasteiger charge is 2.37. The molecule has 24 heavy (non-hydrogen) atoms. The van der Waals surface area contributed by atoms with Crippen LogP contribution in [0.15, 0.2) is 30.3 Å². The lowest BCUT2D eigenvalue weighted by atomic mass is 10.2. The molecule has 0 spiro atoms. The van der Waals surface area contributed by atoms with Crippen LogP contribution < -0.4 is 0 Å².